The third kappa shape index (κ3) is 5.81. The summed E-state index contributed by atoms with van der Waals surface area (Å²) >= 11 is 1.38. The average molecular weight is 463 g/mol. The number of nitrogens with one attached hydrogen (secondary N) is 3. The molecule has 8 nitrogen and oxygen atoms in total. The van der Waals surface area contributed by atoms with Gasteiger partial charge in [-0.15, -0.1) is 11.3 Å². The second-order valence-corrected chi connectivity index (χ2v) is 8.51. The summed E-state index contributed by atoms with van der Waals surface area (Å²) in [5.74, 6) is 0.525. The number of benzene rings is 1. The van der Waals surface area contributed by atoms with E-state index < -0.39 is 0 Å². The minimum absolute atomic E-state index is 0.0460. The van der Waals surface area contributed by atoms with Gasteiger partial charge in [-0.05, 0) is 30.4 Å². The molecule has 1 aromatic carbocycles. The van der Waals surface area contributed by atoms with Gasteiger partial charge in [0.25, 0.3) is 5.91 Å². The standard InChI is InChI=1S/C24H26N6O2S/c1-25-22(31)6-4-2-3-5-19(30-24(32)21-14-33-15-28-21)23-27-13-20(29-23)17-8-7-16-9-10-26-12-18(16)11-17/h7-15,19H,2-6H2,1H3,(H,25,31)(H,27,29)(H,30,32). The van der Waals surface area contributed by atoms with Crippen molar-refractivity contribution in [1.82, 2.24) is 30.6 Å². The van der Waals surface area contributed by atoms with Gasteiger partial charge in [0, 0.05) is 42.2 Å². The first-order valence-corrected chi connectivity index (χ1v) is 11.9. The maximum absolute atomic E-state index is 12.7. The van der Waals surface area contributed by atoms with E-state index in [1.807, 2.05) is 18.3 Å². The number of hydrogen-bond donors (Lipinski definition) is 3. The smallest absolute Gasteiger partial charge is 0.271 e. The lowest BCUT2D eigenvalue weighted by Gasteiger charge is -2.16. The predicted molar refractivity (Wildman–Crippen MR) is 129 cm³/mol. The SMILES string of the molecule is CNC(=O)CCCCCC(NC(=O)c1cscn1)c1ncc(-c2ccc3ccncc3c2)[nH]1. The highest BCUT2D eigenvalue weighted by molar-refractivity contribution is 7.07. The molecule has 0 saturated carbocycles. The summed E-state index contributed by atoms with van der Waals surface area (Å²) < 4.78 is 0. The molecular formula is C24H26N6O2S. The second kappa shape index (κ2) is 10.8. The zero-order valence-corrected chi connectivity index (χ0v) is 19.2. The number of amides is 2. The summed E-state index contributed by atoms with van der Waals surface area (Å²) in [6.45, 7) is 0. The normalized spacial score (nSPS) is 11.9. The summed E-state index contributed by atoms with van der Waals surface area (Å²) in [6, 6.07) is 7.87. The number of fused-ring (bicyclic) bond motifs is 1. The molecule has 3 N–H and O–H groups in total. The lowest BCUT2D eigenvalue weighted by Crippen LogP contribution is -2.29. The van der Waals surface area contributed by atoms with Crippen molar-refractivity contribution in [3.8, 4) is 11.3 Å². The van der Waals surface area contributed by atoms with E-state index in [9.17, 15) is 9.59 Å². The van der Waals surface area contributed by atoms with Gasteiger partial charge in [0.1, 0.15) is 11.5 Å². The van der Waals surface area contributed by atoms with Crippen molar-refractivity contribution in [2.75, 3.05) is 7.05 Å². The minimum Gasteiger partial charge on any atom is -0.359 e. The first-order valence-electron chi connectivity index (χ1n) is 10.9. The van der Waals surface area contributed by atoms with Crippen molar-refractivity contribution in [1.29, 1.82) is 0 Å². The van der Waals surface area contributed by atoms with Gasteiger partial charge in [-0.25, -0.2) is 9.97 Å². The maximum Gasteiger partial charge on any atom is 0.271 e. The van der Waals surface area contributed by atoms with Crippen molar-refractivity contribution < 1.29 is 9.59 Å². The van der Waals surface area contributed by atoms with Gasteiger partial charge in [0.05, 0.1) is 23.4 Å². The Kier molecular flexibility index (Phi) is 7.41. The molecule has 0 aliphatic heterocycles. The number of hydrogen-bond acceptors (Lipinski definition) is 6. The molecule has 0 aliphatic rings. The van der Waals surface area contributed by atoms with Crippen LogP contribution in [-0.4, -0.2) is 38.8 Å². The quantitative estimate of drug-likeness (QED) is 0.305. The molecule has 1 atom stereocenters. The fourth-order valence-electron chi connectivity index (χ4n) is 3.68. The highest BCUT2D eigenvalue weighted by Gasteiger charge is 2.20. The van der Waals surface area contributed by atoms with Gasteiger partial charge >= 0.3 is 0 Å². The molecular weight excluding hydrogens is 436 g/mol. The first-order chi connectivity index (χ1) is 16.1. The van der Waals surface area contributed by atoms with Crippen molar-refractivity contribution in [3.05, 3.63) is 65.3 Å². The fourth-order valence-corrected chi connectivity index (χ4v) is 4.21. The third-order valence-corrected chi connectivity index (χ3v) is 6.11. The van der Waals surface area contributed by atoms with E-state index in [1.165, 1.54) is 11.3 Å². The second-order valence-electron chi connectivity index (χ2n) is 7.79. The molecule has 4 rings (SSSR count). The van der Waals surface area contributed by atoms with E-state index in [1.54, 1.807) is 30.3 Å². The summed E-state index contributed by atoms with van der Waals surface area (Å²) in [7, 11) is 1.65. The monoisotopic (exact) mass is 462 g/mol. The molecule has 2 amide bonds. The number of H-pyrrole nitrogens is 1. The van der Waals surface area contributed by atoms with E-state index in [0.717, 1.165) is 41.3 Å². The van der Waals surface area contributed by atoms with Crippen LogP contribution >= 0.6 is 11.3 Å². The van der Waals surface area contributed by atoms with Crippen LogP contribution in [0.5, 0.6) is 0 Å². The molecule has 0 fully saturated rings. The van der Waals surface area contributed by atoms with E-state index in [-0.39, 0.29) is 17.9 Å². The summed E-state index contributed by atoms with van der Waals surface area (Å²) in [5, 5.41) is 9.61. The van der Waals surface area contributed by atoms with Gasteiger partial charge in [0.15, 0.2) is 0 Å². The van der Waals surface area contributed by atoms with Crippen molar-refractivity contribution in [3.63, 3.8) is 0 Å². The van der Waals surface area contributed by atoms with Crippen LogP contribution in [0.1, 0.15) is 54.5 Å². The number of unbranched alkanes of at least 4 members (excludes halogenated alkanes) is 2. The predicted octanol–water partition coefficient (Wildman–Crippen LogP) is 4.25. The van der Waals surface area contributed by atoms with Gasteiger partial charge in [-0.1, -0.05) is 25.0 Å². The Labute approximate surface area is 195 Å². The Morgan fingerprint density at radius 1 is 1.09 bits per heavy atom. The van der Waals surface area contributed by atoms with Crippen molar-refractivity contribution in [2.24, 2.45) is 0 Å². The Morgan fingerprint density at radius 2 is 2.00 bits per heavy atom. The molecule has 33 heavy (non-hydrogen) atoms. The lowest BCUT2D eigenvalue weighted by atomic mass is 10.1. The van der Waals surface area contributed by atoms with Crippen LogP contribution in [0.3, 0.4) is 0 Å². The number of nitrogens with zero attached hydrogens (tertiary/aromatic N) is 3. The molecule has 3 aromatic heterocycles. The average Bonchev–Trinajstić information content (AvgIpc) is 3.55. The van der Waals surface area contributed by atoms with Crippen molar-refractivity contribution >= 4 is 33.9 Å². The Bertz CT molecular complexity index is 1220. The molecule has 0 spiro atoms. The summed E-state index contributed by atoms with van der Waals surface area (Å²) in [6.07, 6.45) is 9.18. The van der Waals surface area contributed by atoms with Crippen LogP contribution in [0.15, 0.2) is 53.7 Å². The highest BCUT2D eigenvalue weighted by atomic mass is 32.1. The highest BCUT2D eigenvalue weighted by Crippen LogP contribution is 2.25. The van der Waals surface area contributed by atoms with Crippen molar-refractivity contribution in [2.45, 2.75) is 38.1 Å². The van der Waals surface area contributed by atoms with E-state index in [2.05, 4.69) is 42.7 Å². The molecule has 3 heterocycles. The molecule has 0 saturated heterocycles. The largest absolute Gasteiger partial charge is 0.359 e. The molecule has 1 unspecified atom stereocenters. The van der Waals surface area contributed by atoms with Gasteiger partial charge < -0.3 is 15.6 Å². The van der Waals surface area contributed by atoms with Crippen LogP contribution in [0.2, 0.25) is 0 Å². The number of carbonyl (C=O) groups excluding carboxylic acids is 2. The summed E-state index contributed by atoms with van der Waals surface area (Å²) in [4.78, 5) is 40.4. The maximum atomic E-state index is 12.7. The number of carbonyl (C=O) groups is 2. The molecule has 4 aromatic rings. The number of aromatic amines is 1. The Balaban J connectivity index is 1.48. The number of thiazole rings is 1. The van der Waals surface area contributed by atoms with Gasteiger partial charge in [-0.2, -0.15) is 0 Å². The molecule has 170 valence electrons. The number of aromatic nitrogens is 4. The zero-order chi connectivity index (χ0) is 23.0. The first kappa shape index (κ1) is 22.6. The topological polar surface area (TPSA) is 113 Å². The molecule has 0 bridgehead atoms. The van der Waals surface area contributed by atoms with E-state index in [0.29, 0.717) is 24.4 Å². The van der Waals surface area contributed by atoms with Crippen LogP contribution in [0, 0.1) is 0 Å². The Hall–Kier alpha value is -3.59. The number of pyridine rings is 1. The number of imidazole rings is 1. The lowest BCUT2D eigenvalue weighted by molar-refractivity contribution is -0.120. The molecule has 0 radical (unpaired) electrons. The van der Waals surface area contributed by atoms with Gasteiger partial charge in [-0.3, -0.25) is 14.6 Å². The van der Waals surface area contributed by atoms with E-state index in [4.69, 9.17) is 0 Å². The molecule has 0 aliphatic carbocycles. The van der Waals surface area contributed by atoms with Crippen LogP contribution in [0.25, 0.3) is 22.0 Å². The third-order valence-electron chi connectivity index (χ3n) is 5.52. The summed E-state index contributed by atoms with van der Waals surface area (Å²) in [5.41, 5.74) is 3.92. The zero-order valence-electron chi connectivity index (χ0n) is 18.4. The molecule has 9 heteroatoms. The van der Waals surface area contributed by atoms with E-state index >= 15 is 0 Å². The fraction of sp³-hybridized carbons (Fsp3) is 0.292. The van der Waals surface area contributed by atoms with Crippen LogP contribution in [0.4, 0.5) is 0 Å². The van der Waals surface area contributed by atoms with Crippen LogP contribution < -0.4 is 10.6 Å². The van der Waals surface area contributed by atoms with Crippen LogP contribution in [-0.2, 0) is 4.79 Å². The van der Waals surface area contributed by atoms with Gasteiger partial charge in [0.2, 0.25) is 5.91 Å². The Morgan fingerprint density at radius 3 is 2.82 bits per heavy atom. The number of rotatable bonds is 10. The minimum atomic E-state index is -0.282.